The zero-order valence-electron chi connectivity index (χ0n) is 10.6. The van der Waals surface area contributed by atoms with Crippen LogP contribution >= 0.6 is 20.4 Å². The summed E-state index contributed by atoms with van der Waals surface area (Å²) in [7, 11) is -1.42. The van der Waals surface area contributed by atoms with Gasteiger partial charge < -0.3 is 10.5 Å². The van der Waals surface area contributed by atoms with Crippen LogP contribution in [0.3, 0.4) is 0 Å². The monoisotopic (exact) mass is 298 g/mol. The smallest absolute Gasteiger partial charge is 0.466 e. The highest BCUT2D eigenvalue weighted by Crippen LogP contribution is 2.32. The van der Waals surface area contributed by atoms with Crippen molar-refractivity contribution in [1.82, 2.24) is 0 Å². The number of ether oxygens (including phenoxy) is 1. The lowest BCUT2D eigenvalue weighted by Crippen LogP contribution is -2.40. The summed E-state index contributed by atoms with van der Waals surface area (Å²) in [6.07, 6.45) is 6.45. The fraction of sp³-hybridized carbons (Fsp3) is 0.909. The maximum absolute atomic E-state index is 11.4. The van der Waals surface area contributed by atoms with E-state index in [1.807, 2.05) is 0 Å². The summed E-state index contributed by atoms with van der Waals surface area (Å²) in [5, 5.41) is 0. The van der Waals surface area contributed by atoms with Gasteiger partial charge in [-0.2, -0.15) is 4.89 Å². The molecule has 5 nitrogen and oxygen atoms in total. The molecule has 0 aromatic carbocycles. The second-order valence-corrected chi connectivity index (χ2v) is 5.84. The van der Waals surface area contributed by atoms with Crippen molar-refractivity contribution in [2.75, 3.05) is 7.11 Å². The number of hydrogen-bond donors (Lipinski definition) is 2. The van der Waals surface area contributed by atoms with Gasteiger partial charge >= 0.3 is 14.0 Å². The third-order valence-electron chi connectivity index (χ3n) is 3.42. The van der Waals surface area contributed by atoms with Crippen molar-refractivity contribution in [3.05, 3.63) is 0 Å². The Hall–Kier alpha value is -0.220. The lowest BCUT2D eigenvalue weighted by Gasteiger charge is -2.24. The van der Waals surface area contributed by atoms with E-state index in [1.54, 1.807) is 0 Å². The summed E-state index contributed by atoms with van der Waals surface area (Å²) in [6.45, 7) is 0. The number of halogens is 1. The van der Waals surface area contributed by atoms with E-state index in [0.29, 0.717) is 12.3 Å². The second kappa shape index (κ2) is 8.81. The van der Waals surface area contributed by atoms with Crippen molar-refractivity contribution in [2.45, 2.75) is 50.2 Å². The van der Waals surface area contributed by atoms with Gasteiger partial charge in [-0.1, -0.05) is 32.1 Å². The summed E-state index contributed by atoms with van der Waals surface area (Å²) in [5.41, 5.74) is 4.80. The van der Waals surface area contributed by atoms with E-state index in [-0.39, 0.29) is 12.4 Å². The standard InChI is InChI=1S/C11H20NO4P.ClH/c1-16-11(13)10(17(14)15)9(12)7-8-5-3-2-4-6-8;/h8-10H,2-7,12H2,1H3;1H/p+1. The topological polar surface area (TPSA) is 89.6 Å². The maximum atomic E-state index is 11.4. The highest BCUT2D eigenvalue weighted by Gasteiger charge is 2.44. The molecule has 1 rings (SSSR count). The first kappa shape index (κ1) is 17.8. The molecule has 1 fully saturated rings. The first-order valence-electron chi connectivity index (χ1n) is 6.05. The van der Waals surface area contributed by atoms with Crippen LogP contribution in [0.2, 0.25) is 0 Å². The average Bonchev–Trinajstić information content (AvgIpc) is 2.29. The van der Waals surface area contributed by atoms with Crippen molar-refractivity contribution in [2.24, 2.45) is 11.7 Å². The first-order chi connectivity index (χ1) is 8.06. The predicted molar refractivity (Wildman–Crippen MR) is 72.0 cm³/mol. The predicted octanol–water partition coefficient (Wildman–Crippen LogP) is 1.98. The highest BCUT2D eigenvalue weighted by atomic mass is 35.5. The molecule has 0 aromatic heterocycles. The zero-order valence-corrected chi connectivity index (χ0v) is 12.3. The number of carbonyl (C=O) groups is 1. The van der Waals surface area contributed by atoms with E-state index in [0.717, 1.165) is 12.8 Å². The molecule has 0 radical (unpaired) electrons. The van der Waals surface area contributed by atoms with Crippen LogP contribution in [0.5, 0.6) is 0 Å². The Kier molecular flexibility index (Phi) is 8.70. The Labute approximate surface area is 115 Å². The molecule has 1 aliphatic rings. The quantitative estimate of drug-likeness (QED) is 0.598. The lowest BCUT2D eigenvalue weighted by molar-refractivity contribution is -0.140. The SMILES string of the molecule is COC(=O)C(C(N)CC1CCCCC1)[P+](=O)O.Cl. The molecule has 1 aliphatic carbocycles. The van der Waals surface area contributed by atoms with Gasteiger partial charge in [0.05, 0.1) is 13.2 Å². The summed E-state index contributed by atoms with van der Waals surface area (Å²) in [6, 6.07) is -0.584. The molecular weight excluding hydrogens is 277 g/mol. The maximum Gasteiger partial charge on any atom is 0.522 e. The van der Waals surface area contributed by atoms with Gasteiger partial charge in [-0.25, -0.2) is 4.79 Å². The van der Waals surface area contributed by atoms with Crippen LogP contribution in [0.15, 0.2) is 0 Å². The minimum atomic E-state index is -2.62. The van der Waals surface area contributed by atoms with E-state index < -0.39 is 25.7 Å². The third-order valence-corrected chi connectivity index (χ3v) is 4.49. The minimum Gasteiger partial charge on any atom is -0.466 e. The molecule has 1 saturated carbocycles. The number of rotatable bonds is 5. The Morgan fingerprint density at radius 1 is 1.44 bits per heavy atom. The summed E-state index contributed by atoms with van der Waals surface area (Å²) in [5.74, 6) is -0.210. The van der Waals surface area contributed by atoms with Crippen molar-refractivity contribution < 1.29 is 19.0 Å². The molecule has 0 saturated heterocycles. The van der Waals surface area contributed by atoms with Gasteiger partial charge in [-0.05, 0) is 16.9 Å². The van der Waals surface area contributed by atoms with Crippen LogP contribution in [0.25, 0.3) is 0 Å². The van der Waals surface area contributed by atoms with E-state index in [4.69, 9.17) is 10.6 Å². The molecule has 106 valence electrons. The molecule has 0 heterocycles. The van der Waals surface area contributed by atoms with Gasteiger partial charge in [0, 0.05) is 0 Å². The van der Waals surface area contributed by atoms with Gasteiger partial charge in [-0.3, -0.25) is 0 Å². The lowest BCUT2D eigenvalue weighted by atomic mass is 9.84. The highest BCUT2D eigenvalue weighted by molar-refractivity contribution is 7.40. The van der Waals surface area contributed by atoms with Crippen LogP contribution in [0.1, 0.15) is 38.5 Å². The molecule has 0 bridgehead atoms. The van der Waals surface area contributed by atoms with Crippen LogP contribution in [0, 0.1) is 5.92 Å². The molecule has 7 heteroatoms. The van der Waals surface area contributed by atoms with Crippen molar-refractivity contribution in [3.8, 4) is 0 Å². The number of hydrogen-bond acceptors (Lipinski definition) is 4. The van der Waals surface area contributed by atoms with Gasteiger partial charge in [0.15, 0.2) is 0 Å². The van der Waals surface area contributed by atoms with E-state index >= 15 is 0 Å². The minimum absolute atomic E-state index is 0. The number of esters is 1. The Bertz CT molecular complexity index is 284. The summed E-state index contributed by atoms with van der Waals surface area (Å²) >= 11 is 0. The fourth-order valence-electron chi connectivity index (χ4n) is 2.49. The number of carbonyl (C=O) groups excluding carboxylic acids is 1. The second-order valence-electron chi connectivity index (χ2n) is 4.67. The summed E-state index contributed by atoms with van der Waals surface area (Å²) < 4.78 is 15.7. The Morgan fingerprint density at radius 3 is 2.44 bits per heavy atom. The van der Waals surface area contributed by atoms with Gasteiger partial charge in [0.25, 0.3) is 5.66 Å². The molecule has 3 atom stereocenters. The molecule has 18 heavy (non-hydrogen) atoms. The van der Waals surface area contributed by atoms with Crippen LogP contribution in [-0.4, -0.2) is 29.7 Å². The van der Waals surface area contributed by atoms with Gasteiger partial charge in [0.2, 0.25) is 0 Å². The fourth-order valence-corrected chi connectivity index (χ4v) is 3.22. The van der Waals surface area contributed by atoms with Crippen molar-refractivity contribution in [3.63, 3.8) is 0 Å². The van der Waals surface area contributed by atoms with E-state index in [2.05, 4.69) is 4.74 Å². The average molecular weight is 299 g/mol. The molecule has 3 unspecified atom stereocenters. The normalized spacial score (nSPS) is 20.5. The van der Waals surface area contributed by atoms with E-state index in [1.165, 1.54) is 26.4 Å². The number of methoxy groups -OCH3 is 1. The van der Waals surface area contributed by atoms with E-state index in [9.17, 15) is 9.36 Å². The zero-order chi connectivity index (χ0) is 12.8. The molecular formula is C11H22ClNO4P+. The molecule has 0 spiro atoms. The molecule has 0 aliphatic heterocycles. The van der Waals surface area contributed by atoms with Gasteiger partial charge in [-0.15, -0.1) is 12.4 Å². The molecule has 0 amide bonds. The molecule has 3 N–H and O–H groups in total. The summed E-state index contributed by atoms with van der Waals surface area (Å²) in [4.78, 5) is 20.5. The van der Waals surface area contributed by atoms with Crippen molar-refractivity contribution >= 4 is 26.4 Å². The molecule has 0 aromatic rings. The first-order valence-corrected chi connectivity index (χ1v) is 7.33. The van der Waals surface area contributed by atoms with Crippen LogP contribution in [-0.2, 0) is 14.1 Å². The van der Waals surface area contributed by atoms with Crippen molar-refractivity contribution in [1.29, 1.82) is 0 Å². The largest absolute Gasteiger partial charge is 0.522 e. The Balaban J connectivity index is 0.00000289. The third kappa shape index (κ3) is 5.19. The van der Waals surface area contributed by atoms with Gasteiger partial charge in [0.1, 0.15) is 0 Å². The Morgan fingerprint density at radius 2 is 2.00 bits per heavy atom. The number of nitrogens with two attached hydrogens (primary N) is 1. The van der Waals surface area contributed by atoms with Crippen LogP contribution < -0.4 is 5.73 Å². The van der Waals surface area contributed by atoms with Crippen LogP contribution in [0.4, 0.5) is 0 Å².